The van der Waals surface area contributed by atoms with Crippen LogP contribution in [0.3, 0.4) is 0 Å². The smallest absolute Gasteiger partial charge is 0.146 e. The van der Waals surface area contributed by atoms with Gasteiger partial charge in [0.05, 0.1) is 10.0 Å². The molecular weight excluding hydrogens is 293 g/mol. The van der Waals surface area contributed by atoms with Gasteiger partial charge < -0.3 is 10.5 Å². The summed E-state index contributed by atoms with van der Waals surface area (Å²) in [6.45, 7) is 3.95. The predicted octanol–water partition coefficient (Wildman–Crippen LogP) is 4.98. The minimum atomic E-state index is 0.101. The van der Waals surface area contributed by atoms with Crippen molar-refractivity contribution in [1.82, 2.24) is 0 Å². The fraction of sp³-hybridized carbons (Fsp3) is 0.250. The molecule has 0 bridgehead atoms. The molecule has 0 aliphatic carbocycles. The van der Waals surface area contributed by atoms with E-state index in [1.165, 1.54) is 0 Å². The van der Waals surface area contributed by atoms with Gasteiger partial charge in [0.15, 0.2) is 0 Å². The van der Waals surface area contributed by atoms with Gasteiger partial charge >= 0.3 is 0 Å². The normalized spacial score (nSPS) is 12.2. The summed E-state index contributed by atoms with van der Waals surface area (Å²) in [6.07, 6.45) is 0.783. The van der Waals surface area contributed by atoms with Crippen LogP contribution < -0.4 is 10.5 Å². The van der Waals surface area contributed by atoms with Crippen molar-refractivity contribution in [3.63, 3.8) is 0 Å². The highest BCUT2D eigenvalue weighted by Crippen LogP contribution is 2.34. The molecule has 0 aliphatic heterocycles. The molecule has 0 saturated carbocycles. The van der Waals surface area contributed by atoms with E-state index in [0.29, 0.717) is 21.5 Å². The van der Waals surface area contributed by atoms with Crippen LogP contribution in [-0.2, 0) is 6.42 Å². The molecule has 0 saturated heterocycles. The zero-order valence-corrected chi connectivity index (χ0v) is 13.0. The van der Waals surface area contributed by atoms with Crippen LogP contribution >= 0.6 is 23.2 Å². The average molecular weight is 310 g/mol. The van der Waals surface area contributed by atoms with E-state index in [9.17, 15) is 0 Å². The third-order valence-corrected chi connectivity index (χ3v) is 3.47. The molecule has 1 atom stereocenters. The standard InChI is InChI=1S/C16H17Cl2NO/c1-10-3-5-13(17)16(7-10)20-15-6-4-12(8-11(2)19)9-14(15)18/h3-7,9,11H,8,19H2,1-2H3. The first-order valence-corrected chi connectivity index (χ1v) is 7.19. The van der Waals surface area contributed by atoms with Crippen molar-refractivity contribution in [3.05, 3.63) is 57.6 Å². The molecule has 2 rings (SSSR count). The van der Waals surface area contributed by atoms with E-state index in [0.717, 1.165) is 17.5 Å². The molecule has 2 N–H and O–H groups in total. The van der Waals surface area contributed by atoms with E-state index in [4.69, 9.17) is 33.7 Å². The van der Waals surface area contributed by atoms with Crippen molar-refractivity contribution >= 4 is 23.2 Å². The molecule has 20 heavy (non-hydrogen) atoms. The Morgan fingerprint density at radius 1 is 1.05 bits per heavy atom. The van der Waals surface area contributed by atoms with Crippen LogP contribution in [0.4, 0.5) is 0 Å². The number of ether oxygens (including phenoxy) is 1. The van der Waals surface area contributed by atoms with Crippen LogP contribution in [0.5, 0.6) is 11.5 Å². The summed E-state index contributed by atoms with van der Waals surface area (Å²) in [4.78, 5) is 0. The van der Waals surface area contributed by atoms with Crippen LogP contribution in [0.1, 0.15) is 18.1 Å². The summed E-state index contributed by atoms with van der Waals surface area (Å²) in [5.74, 6) is 1.20. The summed E-state index contributed by atoms with van der Waals surface area (Å²) >= 11 is 12.4. The van der Waals surface area contributed by atoms with Crippen LogP contribution in [-0.4, -0.2) is 6.04 Å². The van der Waals surface area contributed by atoms with Crippen molar-refractivity contribution in [2.24, 2.45) is 5.73 Å². The minimum absolute atomic E-state index is 0.101. The van der Waals surface area contributed by atoms with E-state index in [2.05, 4.69) is 0 Å². The van der Waals surface area contributed by atoms with Gasteiger partial charge in [-0.05, 0) is 55.7 Å². The number of hydrogen-bond acceptors (Lipinski definition) is 2. The number of hydrogen-bond donors (Lipinski definition) is 1. The first-order chi connectivity index (χ1) is 9.45. The van der Waals surface area contributed by atoms with Crippen molar-refractivity contribution in [2.75, 3.05) is 0 Å². The molecule has 0 aromatic heterocycles. The largest absolute Gasteiger partial charge is 0.454 e. The summed E-state index contributed by atoms with van der Waals surface area (Å²) in [6, 6.07) is 11.4. The Morgan fingerprint density at radius 2 is 1.80 bits per heavy atom. The molecule has 0 fully saturated rings. The quantitative estimate of drug-likeness (QED) is 0.864. The highest BCUT2D eigenvalue weighted by Gasteiger charge is 2.08. The lowest BCUT2D eigenvalue weighted by atomic mass is 10.1. The lowest BCUT2D eigenvalue weighted by molar-refractivity contribution is 0.482. The number of halogens is 2. The van der Waals surface area contributed by atoms with Gasteiger partial charge in [-0.3, -0.25) is 0 Å². The predicted molar refractivity (Wildman–Crippen MR) is 85.1 cm³/mol. The van der Waals surface area contributed by atoms with Gasteiger partial charge in [0.25, 0.3) is 0 Å². The summed E-state index contributed by atoms with van der Waals surface area (Å²) in [5, 5.41) is 1.12. The van der Waals surface area contributed by atoms with E-state index >= 15 is 0 Å². The van der Waals surface area contributed by atoms with Gasteiger partial charge in [-0.2, -0.15) is 0 Å². The van der Waals surface area contributed by atoms with Crippen molar-refractivity contribution in [1.29, 1.82) is 0 Å². The van der Waals surface area contributed by atoms with Gasteiger partial charge in [-0.25, -0.2) is 0 Å². The van der Waals surface area contributed by atoms with Crippen molar-refractivity contribution < 1.29 is 4.74 Å². The summed E-state index contributed by atoms with van der Waals surface area (Å²) in [7, 11) is 0. The highest BCUT2D eigenvalue weighted by molar-refractivity contribution is 6.32. The maximum atomic E-state index is 6.25. The molecule has 2 aromatic carbocycles. The topological polar surface area (TPSA) is 35.2 Å². The van der Waals surface area contributed by atoms with E-state index in [1.807, 2.05) is 50.2 Å². The second-order valence-corrected chi connectivity index (χ2v) is 5.80. The monoisotopic (exact) mass is 309 g/mol. The van der Waals surface area contributed by atoms with Crippen LogP contribution in [0.15, 0.2) is 36.4 Å². The second kappa shape index (κ2) is 6.49. The Morgan fingerprint density at radius 3 is 2.45 bits per heavy atom. The Kier molecular flexibility index (Phi) is 4.92. The Bertz CT molecular complexity index is 611. The zero-order chi connectivity index (χ0) is 14.7. The average Bonchev–Trinajstić information content (AvgIpc) is 2.36. The maximum Gasteiger partial charge on any atom is 0.146 e. The lowest BCUT2D eigenvalue weighted by Crippen LogP contribution is -2.17. The Balaban J connectivity index is 2.23. The fourth-order valence-corrected chi connectivity index (χ4v) is 2.33. The molecule has 106 valence electrons. The van der Waals surface area contributed by atoms with Crippen molar-refractivity contribution in [2.45, 2.75) is 26.3 Å². The number of benzene rings is 2. The van der Waals surface area contributed by atoms with Crippen LogP contribution in [0.2, 0.25) is 10.0 Å². The van der Waals surface area contributed by atoms with Crippen LogP contribution in [0, 0.1) is 6.92 Å². The molecule has 4 heteroatoms. The number of nitrogens with two attached hydrogens (primary N) is 1. The Labute approximate surface area is 129 Å². The molecule has 0 radical (unpaired) electrons. The van der Waals surface area contributed by atoms with Gasteiger partial charge in [0.1, 0.15) is 11.5 Å². The van der Waals surface area contributed by atoms with Gasteiger partial charge in [-0.1, -0.05) is 35.3 Å². The number of aryl methyl sites for hydroxylation is 1. The molecule has 0 aliphatic rings. The molecule has 2 nitrogen and oxygen atoms in total. The zero-order valence-electron chi connectivity index (χ0n) is 11.5. The van der Waals surface area contributed by atoms with Gasteiger partial charge in [0.2, 0.25) is 0 Å². The Hall–Kier alpha value is -1.22. The highest BCUT2D eigenvalue weighted by atomic mass is 35.5. The molecular formula is C16H17Cl2NO. The molecule has 1 unspecified atom stereocenters. The van der Waals surface area contributed by atoms with Gasteiger partial charge in [-0.15, -0.1) is 0 Å². The SMILES string of the molecule is Cc1ccc(Cl)c(Oc2ccc(CC(C)N)cc2Cl)c1. The molecule has 0 heterocycles. The lowest BCUT2D eigenvalue weighted by Gasteiger charge is -2.12. The summed E-state index contributed by atoms with van der Waals surface area (Å²) < 4.78 is 5.79. The first kappa shape index (κ1) is 15.2. The first-order valence-electron chi connectivity index (χ1n) is 6.43. The van der Waals surface area contributed by atoms with E-state index in [1.54, 1.807) is 0 Å². The van der Waals surface area contributed by atoms with E-state index in [-0.39, 0.29) is 6.04 Å². The second-order valence-electron chi connectivity index (χ2n) is 4.98. The van der Waals surface area contributed by atoms with Crippen molar-refractivity contribution in [3.8, 4) is 11.5 Å². The molecule has 2 aromatic rings. The van der Waals surface area contributed by atoms with Crippen LogP contribution in [0.25, 0.3) is 0 Å². The maximum absolute atomic E-state index is 6.25. The fourth-order valence-electron chi connectivity index (χ4n) is 1.93. The minimum Gasteiger partial charge on any atom is -0.454 e. The molecule has 0 spiro atoms. The molecule has 0 amide bonds. The van der Waals surface area contributed by atoms with E-state index < -0.39 is 0 Å². The third kappa shape index (κ3) is 3.89. The third-order valence-electron chi connectivity index (χ3n) is 2.86. The van der Waals surface area contributed by atoms with Gasteiger partial charge in [0, 0.05) is 6.04 Å². The summed E-state index contributed by atoms with van der Waals surface area (Å²) in [5.41, 5.74) is 7.95. The number of rotatable bonds is 4.